The van der Waals surface area contributed by atoms with Crippen LogP contribution >= 0.6 is 0 Å². The van der Waals surface area contributed by atoms with E-state index in [-0.39, 0.29) is 0 Å². The van der Waals surface area contributed by atoms with Crippen molar-refractivity contribution in [2.45, 2.75) is 39.2 Å². The number of rotatable bonds is 3. The van der Waals surface area contributed by atoms with E-state index < -0.39 is 0 Å². The van der Waals surface area contributed by atoms with Crippen molar-refractivity contribution in [1.82, 2.24) is 4.57 Å². The zero-order chi connectivity index (χ0) is 12.5. The highest BCUT2D eigenvalue weighted by molar-refractivity contribution is 5.83. The second kappa shape index (κ2) is 4.60. The maximum absolute atomic E-state index is 11.6. The molecule has 1 aromatic heterocycles. The van der Waals surface area contributed by atoms with E-state index in [2.05, 4.69) is 42.0 Å². The van der Waals surface area contributed by atoms with Gasteiger partial charge in [0.05, 0.1) is 0 Å². The Balaban J connectivity index is 1.78. The van der Waals surface area contributed by atoms with Crippen LogP contribution in [0.4, 0.5) is 0 Å². The van der Waals surface area contributed by atoms with Crippen LogP contribution in [0.2, 0.25) is 0 Å². The third-order valence-corrected chi connectivity index (χ3v) is 4.08. The van der Waals surface area contributed by atoms with Gasteiger partial charge in [0.15, 0.2) is 0 Å². The van der Waals surface area contributed by atoms with E-state index >= 15 is 0 Å². The van der Waals surface area contributed by atoms with Crippen molar-refractivity contribution < 1.29 is 4.79 Å². The van der Waals surface area contributed by atoms with Gasteiger partial charge in [-0.15, -0.1) is 0 Å². The van der Waals surface area contributed by atoms with Gasteiger partial charge in [0.1, 0.15) is 5.78 Å². The molecule has 0 spiro atoms. The first-order chi connectivity index (χ1) is 8.74. The average molecular weight is 241 g/mol. The Morgan fingerprint density at radius 1 is 1.33 bits per heavy atom. The predicted molar refractivity (Wildman–Crippen MR) is 73.6 cm³/mol. The number of fused-ring (bicyclic) bond motifs is 1. The number of carbonyl (C=O) groups is 1. The van der Waals surface area contributed by atoms with Crippen LogP contribution in [-0.4, -0.2) is 10.4 Å². The second-order valence-corrected chi connectivity index (χ2v) is 5.42. The first-order valence-electron chi connectivity index (χ1n) is 6.82. The fraction of sp³-hybridized carbons (Fsp3) is 0.438. The monoisotopic (exact) mass is 241 g/mol. The number of ketones is 1. The largest absolute Gasteiger partial charge is 0.347 e. The van der Waals surface area contributed by atoms with Gasteiger partial charge >= 0.3 is 0 Å². The van der Waals surface area contributed by atoms with Crippen LogP contribution in [0.1, 0.15) is 31.2 Å². The SMILES string of the molecule is Cc1ccc2ccn(CCC3CCCC3=O)c2c1. The van der Waals surface area contributed by atoms with Crippen molar-refractivity contribution in [2.24, 2.45) is 5.92 Å². The number of hydrogen-bond donors (Lipinski definition) is 0. The Morgan fingerprint density at radius 2 is 2.22 bits per heavy atom. The maximum atomic E-state index is 11.6. The molecule has 0 bridgehead atoms. The van der Waals surface area contributed by atoms with Gasteiger partial charge in [0.2, 0.25) is 0 Å². The lowest BCUT2D eigenvalue weighted by atomic mass is 10.0. The van der Waals surface area contributed by atoms with Gasteiger partial charge in [-0.1, -0.05) is 12.1 Å². The van der Waals surface area contributed by atoms with Gasteiger partial charge in [-0.2, -0.15) is 0 Å². The highest BCUT2D eigenvalue weighted by Gasteiger charge is 2.23. The van der Waals surface area contributed by atoms with Crippen LogP contribution in [0, 0.1) is 12.8 Å². The lowest BCUT2D eigenvalue weighted by Gasteiger charge is -2.10. The van der Waals surface area contributed by atoms with Gasteiger partial charge in [-0.05, 0) is 49.3 Å². The summed E-state index contributed by atoms with van der Waals surface area (Å²) in [6.07, 6.45) is 6.13. The highest BCUT2D eigenvalue weighted by Crippen LogP contribution is 2.26. The molecule has 1 fully saturated rings. The van der Waals surface area contributed by atoms with Crippen molar-refractivity contribution in [1.29, 1.82) is 0 Å². The molecule has 1 heterocycles. The number of benzene rings is 1. The molecule has 2 heteroatoms. The molecule has 94 valence electrons. The van der Waals surface area contributed by atoms with Crippen molar-refractivity contribution in [3.8, 4) is 0 Å². The summed E-state index contributed by atoms with van der Waals surface area (Å²) in [5.74, 6) is 0.787. The summed E-state index contributed by atoms with van der Waals surface area (Å²) in [7, 11) is 0. The molecule has 1 atom stereocenters. The van der Waals surface area contributed by atoms with Crippen molar-refractivity contribution in [2.75, 3.05) is 0 Å². The Morgan fingerprint density at radius 3 is 3.00 bits per heavy atom. The minimum Gasteiger partial charge on any atom is -0.347 e. The number of nitrogens with zero attached hydrogens (tertiary/aromatic N) is 1. The molecule has 1 aromatic carbocycles. The van der Waals surface area contributed by atoms with E-state index in [0.717, 1.165) is 32.2 Å². The average Bonchev–Trinajstić information content (AvgIpc) is 2.93. The molecule has 1 aliphatic rings. The Labute approximate surface area is 108 Å². The quantitative estimate of drug-likeness (QED) is 0.803. The molecule has 18 heavy (non-hydrogen) atoms. The van der Waals surface area contributed by atoms with E-state index in [1.807, 2.05) is 0 Å². The standard InChI is InChI=1S/C16H19NO/c1-12-5-6-13-7-9-17(15(13)11-12)10-8-14-3-2-4-16(14)18/h5-7,9,11,14H,2-4,8,10H2,1H3. The number of aryl methyl sites for hydroxylation is 2. The molecule has 1 aliphatic carbocycles. The summed E-state index contributed by atoms with van der Waals surface area (Å²) < 4.78 is 2.29. The summed E-state index contributed by atoms with van der Waals surface area (Å²) >= 11 is 0. The molecule has 2 nitrogen and oxygen atoms in total. The third kappa shape index (κ3) is 2.07. The van der Waals surface area contributed by atoms with E-state index in [0.29, 0.717) is 11.7 Å². The first kappa shape index (κ1) is 11.5. The summed E-state index contributed by atoms with van der Waals surface area (Å²) in [6, 6.07) is 8.70. The van der Waals surface area contributed by atoms with Crippen LogP contribution in [0.25, 0.3) is 10.9 Å². The molecule has 1 saturated carbocycles. The molecule has 0 N–H and O–H groups in total. The minimum absolute atomic E-state index is 0.312. The van der Waals surface area contributed by atoms with Crippen LogP contribution < -0.4 is 0 Å². The number of carbonyl (C=O) groups excluding carboxylic acids is 1. The van der Waals surface area contributed by atoms with Crippen LogP contribution in [0.5, 0.6) is 0 Å². The van der Waals surface area contributed by atoms with Gasteiger partial charge in [-0.25, -0.2) is 0 Å². The first-order valence-corrected chi connectivity index (χ1v) is 6.82. The third-order valence-electron chi connectivity index (χ3n) is 4.08. The summed E-state index contributed by atoms with van der Waals surface area (Å²) in [5, 5.41) is 1.29. The van der Waals surface area contributed by atoms with E-state index in [4.69, 9.17) is 0 Å². The summed E-state index contributed by atoms with van der Waals surface area (Å²) in [4.78, 5) is 11.6. The Hall–Kier alpha value is -1.57. The number of Topliss-reactive ketones (excluding diaryl/α,β-unsaturated/α-hetero) is 1. The maximum Gasteiger partial charge on any atom is 0.136 e. The van der Waals surface area contributed by atoms with Crippen LogP contribution in [0.15, 0.2) is 30.5 Å². The minimum atomic E-state index is 0.312. The molecular formula is C16H19NO. The van der Waals surface area contributed by atoms with E-state index in [1.165, 1.54) is 16.5 Å². The van der Waals surface area contributed by atoms with E-state index in [9.17, 15) is 4.79 Å². The molecule has 0 radical (unpaired) electrons. The fourth-order valence-corrected chi connectivity index (χ4v) is 2.98. The van der Waals surface area contributed by atoms with Gasteiger partial charge < -0.3 is 4.57 Å². The smallest absolute Gasteiger partial charge is 0.136 e. The molecule has 2 aromatic rings. The van der Waals surface area contributed by atoms with Gasteiger partial charge in [-0.3, -0.25) is 4.79 Å². The fourth-order valence-electron chi connectivity index (χ4n) is 2.98. The zero-order valence-corrected chi connectivity index (χ0v) is 10.9. The molecule has 0 amide bonds. The molecule has 0 saturated heterocycles. The molecule has 0 aliphatic heterocycles. The second-order valence-electron chi connectivity index (χ2n) is 5.42. The molecule has 1 unspecified atom stereocenters. The lowest BCUT2D eigenvalue weighted by molar-refractivity contribution is -0.120. The highest BCUT2D eigenvalue weighted by atomic mass is 16.1. The zero-order valence-electron chi connectivity index (χ0n) is 10.9. The normalized spacial score (nSPS) is 19.8. The number of hydrogen-bond acceptors (Lipinski definition) is 1. The van der Waals surface area contributed by atoms with Gasteiger partial charge in [0.25, 0.3) is 0 Å². The summed E-state index contributed by atoms with van der Waals surface area (Å²) in [6.45, 7) is 3.08. The molecule has 3 rings (SSSR count). The van der Waals surface area contributed by atoms with E-state index in [1.54, 1.807) is 0 Å². The Bertz CT molecular complexity index is 582. The van der Waals surface area contributed by atoms with Crippen LogP contribution in [-0.2, 0) is 11.3 Å². The predicted octanol–water partition coefficient (Wildman–Crippen LogP) is 3.71. The topological polar surface area (TPSA) is 22.0 Å². The molecular weight excluding hydrogens is 222 g/mol. The van der Waals surface area contributed by atoms with Crippen LogP contribution in [0.3, 0.4) is 0 Å². The van der Waals surface area contributed by atoms with Crippen molar-refractivity contribution in [3.63, 3.8) is 0 Å². The number of aromatic nitrogens is 1. The van der Waals surface area contributed by atoms with Gasteiger partial charge in [0, 0.05) is 30.6 Å². The van der Waals surface area contributed by atoms with Crippen molar-refractivity contribution in [3.05, 3.63) is 36.0 Å². The Kier molecular flexibility index (Phi) is 2.94. The van der Waals surface area contributed by atoms with Crippen molar-refractivity contribution >= 4 is 16.7 Å². The lowest BCUT2D eigenvalue weighted by Crippen LogP contribution is -2.09. The summed E-state index contributed by atoms with van der Waals surface area (Å²) in [5.41, 5.74) is 2.58.